The van der Waals surface area contributed by atoms with Crippen LogP contribution >= 0.6 is 23.2 Å². The van der Waals surface area contributed by atoms with Gasteiger partial charge in [-0.05, 0) is 24.6 Å². The predicted molar refractivity (Wildman–Crippen MR) is 84.0 cm³/mol. The number of rotatable bonds is 3. The molecule has 1 N–H and O–H groups in total. The topological polar surface area (TPSA) is 53.2 Å². The minimum atomic E-state index is -0.365. The molecule has 1 heterocycles. The molecule has 0 bridgehead atoms. The van der Waals surface area contributed by atoms with E-state index in [1.165, 1.54) is 23.4 Å². The standard InChI is InChI=1S/C15H14Cl2N2O2/c1-9(11-4-3-10(16)7-13(11)17)19(2)15(21)12-8-18-6-5-14(12)20/h3-9H,1-2H3,(H,18,20). The van der Waals surface area contributed by atoms with Gasteiger partial charge in [-0.3, -0.25) is 9.59 Å². The highest BCUT2D eigenvalue weighted by molar-refractivity contribution is 6.35. The first-order valence-corrected chi connectivity index (χ1v) is 7.06. The molecule has 1 aromatic carbocycles. The summed E-state index contributed by atoms with van der Waals surface area (Å²) >= 11 is 12.0. The lowest BCUT2D eigenvalue weighted by molar-refractivity contribution is 0.0741. The molecular formula is C15H14Cl2N2O2. The Morgan fingerprint density at radius 1 is 1.29 bits per heavy atom. The van der Waals surface area contributed by atoms with Gasteiger partial charge in [0, 0.05) is 35.6 Å². The van der Waals surface area contributed by atoms with Gasteiger partial charge in [-0.25, -0.2) is 0 Å². The molecule has 0 aliphatic heterocycles. The summed E-state index contributed by atoms with van der Waals surface area (Å²) in [6, 6.07) is 6.15. The molecule has 1 atom stereocenters. The van der Waals surface area contributed by atoms with Gasteiger partial charge in [-0.1, -0.05) is 29.3 Å². The van der Waals surface area contributed by atoms with Gasteiger partial charge in [0.15, 0.2) is 5.43 Å². The zero-order chi connectivity index (χ0) is 15.6. The molecule has 4 nitrogen and oxygen atoms in total. The third kappa shape index (κ3) is 3.28. The van der Waals surface area contributed by atoms with Crippen molar-refractivity contribution in [1.82, 2.24) is 9.88 Å². The zero-order valence-corrected chi connectivity index (χ0v) is 13.1. The molecule has 0 saturated heterocycles. The van der Waals surface area contributed by atoms with E-state index in [1.54, 1.807) is 25.2 Å². The van der Waals surface area contributed by atoms with Crippen LogP contribution in [0.4, 0.5) is 0 Å². The Bertz CT molecular complexity index is 728. The Kier molecular flexibility index (Phi) is 4.70. The SMILES string of the molecule is CC(c1ccc(Cl)cc1Cl)N(C)C(=O)c1c[nH]ccc1=O. The van der Waals surface area contributed by atoms with Gasteiger partial charge in [0.2, 0.25) is 0 Å². The van der Waals surface area contributed by atoms with Crippen molar-refractivity contribution in [3.63, 3.8) is 0 Å². The van der Waals surface area contributed by atoms with Gasteiger partial charge in [-0.2, -0.15) is 0 Å². The summed E-state index contributed by atoms with van der Waals surface area (Å²) in [5.41, 5.74) is 0.543. The normalized spacial score (nSPS) is 12.0. The van der Waals surface area contributed by atoms with E-state index in [4.69, 9.17) is 23.2 Å². The molecule has 2 aromatic rings. The van der Waals surface area contributed by atoms with Crippen molar-refractivity contribution >= 4 is 29.1 Å². The first kappa shape index (κ1) is 15.6. The predicted octanol–water partition coefficient (Wildman–Crippen LogP) is 3.51. The van der Waals surface area contributed by atoms with Crippen LogP contribution in [0.5, 0.6) is 0 Å². The molecule has 21 heavy (non-hydrogen) atoms. The Morgan fingerprint density at radius 3 is 2.62 bits per heavy atom. The lowest BCUT2D eigenvalue weighted by Crippen LogP contribution is -2.33. The first-order valence-electron chi connectivity index (χ1n) is 6.31. The second-order valence-electron chi connectivity index (χ2n) is 4.68. The van der Waals surface area contributed by atoms with E-state index in [1.807, 2.05) is 6.92 Å². The summed E-state index contributed by atoms with van der Waals surface area (Å²) < 4.78 is 0. The van der Waals surface area contributed by atoms with Crippen molar-refractivity contribution in [2.75, 3.05) is 7.05 Å². The quantitative estimate of drug-likeness (QED) is 0.939. The summed E-state index contributed by atoms with van der Waals surface area (Å²) in [5, 5.41) is 1.01. The number of aromatic nitrogens is 1. The summed E-state index contributed by atoms with van der Waals surface area (Å²) in [5.74, 6) is -0.365. The minimum Gasteiger partial charge on any atom is -0.367 e. The molecule has 1 unspecified atom stereocenters. The lowest BCUT2D eigenvalue weighted by Gasteiger charge is -2.26. The third-order valence-corrected chi connectivity index (χ3v) is 3.93. The number of amides is 1. The van der Waals surface area contributed by atoms with Crippen molar-refractivity contribution in [2.24, 2.45) is 0 Å². The van der Waals surface area contributed by atoms with Crippen LogP contribution in [0.25, 0.3) is 0 Å². The largest absolute Gasteiger partial charge is 0.367 e. The molecule has 0 radical (unpaired) electrons. The second kappa shape index (κ2) is 6.33. The van der Waals surface area contributed by atoms with E-state index in [2.05, 4.69) is 4.98 Å². The minimum absolute atomic E-state index is 0.0944. The molecule has 0 aliphatic carbocycles. The summed E-state index contributed by atoms with van der Waals surface area (Å²) in [7, 11) is 1.63. The fraction of sp³-hybridized carbons (Fsp3) is 0.200. The summed E-state index contributed by atoms with van der Waals surface area (Å²) in [4.78, 5) is 28.3. The fourth-order valence-electron chi connectivity index (χ4n) is 2.00. The number of hydrogen-bond donors (Lipinski definition) is 1. The van der Waals surface area contributed by atoms with Crippen LogP contribution in [0.3, 0.4) is 0 Å². The van der Waals surface area contributed by atoms with E-state index in [0.29, 0.717) is 10.0 Å². The van der Waals surface area contributed by atoms with Gasteiger partial charge < -0.3 is 9.88 Å². The number of H-pyrrole nitrogens is 1. The molecule has 6 heteroatoms. The molecule has 0 spiro atoms. The highest BCUT2D eigenvalue weighted by Gasteiger charge is 2.22. The average molecular weight is 325 g/mol. The number of carbonyl (C=O) groups excluding carboxylic acids is 1. The van der Waals surface area contributed by atoms with Gasteiger partial charge in [0.25, 0.3) is 5.91 Å². The van der Waals surface area contributed by atoms with E-state index in [-0.39, 0.29) is 22.9 Å². The molecule has 0 aliphatic rings. The average Bonchev–Trinajstić information content (AvgIpc) is 2.45. The van der Waals surface area contributed by atoms with Crippen molar-refractivity contribution in [1.29, 1.82) is 0 Å². The Hall–Kier alpha value is -1.78. The summed E-state index contributed by atoms with van der Waals surface area (Å²) in [6.07, 6.45) is 2.88. The highest BCUT2D eigenvalue weighted by atomic mass is 35.5. The van der Waals surface area contributed by atoms with Crippen LogP contribution in [0.1, 0.15) is 28.9 Å². The molecule has 0 saturated carbocycles. The van der Waals surface area contributed by atoms with Crippen LogP contribution in [-0.4, -0.2) is 22.8 Å². The number of benzene rings is 1. The lowest BCUT2D eigenvalue weighted by atomic mass is 10.1. The van der Waals surface area contributed by atoms with E-state index < -0.39 is 0 Å². The van der Waals surface area contributed by atoms with Crippen molar-refractivity contribution < 1.29 is 4.79 Å². The van der Waals surface area contributed by atoms with E-state index in [9.17, 15) is 9.59 Å². The van der Waals surface area contributed by atoms with Gasteiger partial charge in [0.1, 0.15) is 5.56 Å². The van der Waals surface area contributed by atoms with Crippen LogP contribution in [0, 0.1) is 0 Å². The Labute approximate surface area is 132 Å². The van der Waals surface area contributed by atoms with Crippen LogP contribution in [-0.2, 0) is 0 Å². The van der Waals surface area contributed by atoms with Crippen molar-refractivity contribution in [3.05, 3.63) is 68.1 Å². The number of hydrogen-bond acceptors (Lipinski definition) is 2. The van der Waals surface area contributed by atoms with E-state index in [0.717, 1.165) is 5.56 Å². The van der Waals surface area contributed by atoms with Crippen molar-refractivity contribution in [2.45, 2.75) is 13.0 Å². The van der Waals surface area contributed by atoms with Gasteiger partial charge >= 0.3 is 0 Å². The number of aromatic amines is 1. The maximum absolute atomic E-state index is 12.4. The van der Waals surface area contributed by atoms with Crippen LogP contribution in [0.15, 0.2) is 41.5 Å². The molecular weight excluding hydrogens is 311 g/mol. The molecule has 1 amide bonds. The van der Waals surface area contributed by atoms with Crippen LogP contribution < -0.4 is 5.43 Å². The van der Waals surface area contributed by atoms with Gasteiger partial charge in [-0.15, -0.1) is 0 Å². The molecule has 0 fully saturated rings. The fourth-order valence-corrected chi connectivity index (χ4v) is 2.56. The number of nitrogens with one attached hydrogen (secondary N) is 1. The van der Waals surface area contributed by atoms with E-state index >= 15 is 0 Å². The number of nitrogens with zero attached hydrogens (tertiary/aromatic N) is 1. The second-order valence-corrected chi connectivity index (χ2v) is 5.52. The monoisotopic (exact) mass is 324 g/mol. The third-order valence-electron chi connectivity index (χ3n) is 3.37. The maximum Gasteiger partial charge on any atom is 0.259 e. The maximum atomic E-state index is 12.4. The number of pyridine rings is 1. The highest BCUT2D eigenvalue weighted by Crippen LogP contribution is 2.29. The number of carbonyl (C=O) groups is 1. The van der Waals surface area contributed by atoms with Gasteiger partial charge in [0.05, 0.1) is 6.04 Å². The smallest absolute Gasteiger partial charge is 0.259 e. The Morgan fingerprint density at radius 2 is 2.00 bits per heavy atom. The molecule has 2 rings (SSSR count). The van der Waals surface area contributed by atoms with Crippen molar-refractivity contribution in [3.8, 4) is 0 Å². The van der Waals surface area contributed by atoms with Crippen LogP contribution in [0.2, 0.25) is 10.0 Å². The first-order chi connectivity index (χ1) is 9.91. The Balaban J connectivity index is 2.31. The number of halogens is 2. The molecule has 110 valence electrons. The molecule has 1 aromatic heterocycles. The summed E-state index contributed by atoms with van der Waals surface area (Å²) in [6.45, 7) is 1.84. The zero-order valence-electron chi connectivity index (χ0n) is 11.6.